The summed E-state index contributed by atoms with van der Waals surface area (Å²) >= 11 is 0. The molecule has 0 radical (unpaired) electrons. The minimum atomic E-state index is 0.169. The highest BCUT2D eigenvalue weighted by atomic mass is 15.3. The first-order chi connectivity index (χ1) is 6.15. The normalized spacial score (nSPS) is 23.4. The molecular formula is C9H20N4. The van der Waals surface area contributed by atoms with E-state index in [0.717, 1.165) is 13.1 Å². The van der Waals surface area contributed by atoms with Crippen molar-refractivity contribution in [3.8, 4) is 0 Å². The van der Waals surface area contributed by atoms with Crippen molar-refractivity contribution in [3.05, 3.63) is 0 Å². The standard InChI is InChI=1S/C9H20N4/c1-3-13-6-4-5-8(13)7-12(2)9(10)11/h8H,3-7H2,1-2H3,(H3,10,11). The van der Waals surface area contributed by atoms with Gasteiger partial charge in [0.25, 0.3) is 0 Å². The quantitative estimate of drug-likeness (QED) is 0.490. The van der Waals surface area contributed by atoms with Gasteiger partial charge in [-0.05, 0) is 25.9 Å². The van der Waals surface area contributed by atoms with Gasteiger partial charge in [0, 0.05) is 19.6 Å². The van der Waals surface area contributed by atoms with Crippen LogP contribution in [0.5, 0.6) is 0 Å². The van der Waals surface area contributed by atoms with Crippen molar-refractivity contribution in [1.82, 2.24) is 9.80 Å². The van der Waals surface area contributed by atoms with Gasteiger partial charge in [0.15, 0.2) is 5.96 Å². The predicted molar refractivity (Wildman–Crippen MR) is 54.8 cm³/mol. The van der Waals surface area contributed by atoms with Gasteiger partial charge in [0.2, 0.25) is 0 Å². The third-order valence-corrected chi connectivity index (χ3v) is 2.80. The average Bonchev–Trinajstić information content (AvgIpc) is 2.51. The van der Waals surface area contributed by atoms with Crippen molar-refractivity contribution in [2.24, 2.45) is 5.73 Å². The Morgan fingerprint density at radius 3 is 2.92 bits per heavy atom. The van der Waals surface area contributed by atoms with Crippen LogP contribution in [-0.2, 0) is 0 Å². The Morgan fingerprint density at radius 2 is 2.38 bits per heavy atom. The summed E-state index contributed by atoms with van der Waals surface area (Å²) in [4.78, 5) is 4.28. The van der Waals surface area contributed by atoms with Gasteiger partial charge in [-0.25, -0.2) is 0 Å². The molecule has 1 fully saturated rings. The SMILES string of the molecule is CCN1CCCC1CN(C)C(=N)N. The maximum absolute atomic E-state index is 7.27. The summed E-state index contributed by atoms with van der Waals surface area (Å²) in [5.74, 6) is 0.169. The van der Waals surface area contributed by atoms with Gasteiger partial charge in [0.1, 0.15) is 0 Å². The molecule has 0 amide bonds. The van der Waals surface area contributed by atoms with Crippen LogP contribution in [0.1, 0.15) is 19.8 Å². The Hall–Kier alpha value is -0.770. The summed E-state index contributed by atoms with van der Waals surface area (Å²) in [7, 11) is 1.88. The van der Waals surface area contributed by atoms with Gasteiger partial charge in [-0.1, -0.05) is 6.92 Å². The molecule has 0 aromatic carbocycles. The highest BCUT2D eigenvalue weighted by molar-refractivity contribution is 5.74. The lowest BCUT2D eigenvalue weighted by Crippen LogP contribution is -2.43. The Labute approximate surface area is 80.2 Å². The van der Waals surface area contributed by atoms with E-state index >= 15 is 0 Å². The van der Waals surface area contributed by atoms with E-state index in [1.807, 2.05) is 11.9 Å². The number of hydrogen-bond donors (Lipinski definition) is 2. The minimum absolute atomic E-state index is 0.169. The molecule has 4 heteroatoms. The van der Waals surface area contributed by atoms with Crippen LogP contribution in [0.4, 0.5) is 0 Å². The van der Waals surface area contributed by atoms with E-state index in [-0.39, 0.29) is 5.96 Å². The van der Waals surface area contributed by atoms with Crippen molar-refractivity contribution in [2.45, 2.75) is 25.8 Å². The van der Waals surface area contributed by atoms with E-state index in [0.29, 0.717) is 6.04 Å². The number of likely N-dealkylation sites (tertiary alicyclic amines) is 1. The molecule has 1 heterocycles. The first-order valence-corrected chi connectivity index (χ1v) is 4.94. The Bertz CT molecular complexity index is 180. The molecule has 1 atom stereocenters. The number of guanidine groups is 1. The lowest BCUT2D eigenvalue weighted by atomic mass is 10.2. The second-order valence-corrected chi connectivity index (χ2v) is 3.69. The molecule has 76 valence electrons. The van der Waals surface area contributed by atoms with Gasteiger partial charge < -0.3 is 10.6 Å². The molecule has 3 N–H and O–H groups in total. The minimum Gasteiger partial charge on any atom is -0.370 e. The molecule has 0 aliphatic carbocycles. The fourth-order valence-electron chi connectivity index (χ4n) is 1.93. The average molecular weight is 184 g/mol. The van der Waals surface area contributed by atoms with E-state index < -0.39 is 0 Å². The van der Waals surface area contributed by atoms with E-state index in [1.165, 1.54) is 19.4 Å². The Balaban J connectivity index is 2.39. The number of nitrogens with one attached hydrogen (secondary N) is 1. The highest BCUT2D eigenvalue weighted by Crippen LogP contribution is 2.16. The van der Waals surface area contributed by atoms with Crippen LogP contribution in [-0.4, -0.2) is 48.5 Å². The van der Waals surface area contributed by atoms with E-state index in [2.05, 4.69) is 11.8 Å². The Kier molecular flexibility index (Phi) is 3.54. The summed E-state index contributed by atoms with van der Waals surface area (Å²) in [6, 6.07) is 0.596. The zero-order valence-corrected chi connectivity index (χ0v) is 8.58. The first-order valence-electron chi connectivity index (χ1n) is 4.94. The van der Waals surface area contributed by atoms with Crippen LogP contribution >= 0.6 is 0 Å². The fraction of sp³-hybridized carbons (Fsp3) is 0.889. The summed E-state index contributed by atoms with van der Waals surface area (Å²) in [5, 5.41) is 7.27. The lowest BCUT2D eigenvalue weighted by molar-refractivity contribution is 0.234. The molecule has 0 aromatic rings. The monoisotopic (exact) mass is 184 g/mol. The fourth-order valence-corrected chi connectivity index (χ4v) is 1.93. The summed E-state index contributed by atoms with van der Waals surface area (Å²) in [6.45, 7) is 5.39. The topological polar surface area (TPSA) is 56.4 Å². The van der Waals surface area contributed by atoms with Crippen molar-refractivity contribution >= 4 is 5.96 Å². The maximum atomic E-state index is 7.27. The highest BCUT2D eigenvalue weighted by Gasteiger charge is 2.24. The molecule has 1 aliphatic rings. The molecule has 0 saturated carbocycles. The second kappa shape index (κ2) is 4.46. The molecule has 13 heavy (non-hydrogen) atoms. The van der Waals surface area contributed by atoms with E-state index in [1.54, 1.807) is 0 Å². The van der Waals surface area contributed by atoms with Gasteiger partial charge in [0.05, 0.1) is 0 Å². The Morgan fingerprint density at radius 1 is 1.69 bits per heavy atom. The van der Waals surface area contributed by atoms with Gasteiger partial charge in [-0.15, -0.1) is 0 Å². The van der Waals surface area contributed by atoms with Crippen molar-refractivity contribution in [1.29, 1.82) is 5.41 Å². The van der Waals surface area contributed by atoms with E-state index in [9.17, 15) is 0 Å². The second-order valence-electron chi connectivity index (χ2n) is 3.69. The molecule has 4 nitrogen and oxygen atoms in total. The first kappa shape index (κ1) is 10.3. The number of rotatable bonds is 3. The van der Waals surface area contributed by atoms with Crippen molar-refractivity contribution in [3.63, 3.8) is 0 Å². The molecule has 1 unspecified atom stereocenters. The summed E-state index contributed by atoms with van der Waals surface area (Å²) in [6.07, 6.45) is 2.52. The van der Waals surface area contributed by atoms with Crippen LogP contribution in [0, 0.1) is 5.41 Å². The van der Waals surface area contributed by atoms with Gasteiger partial charge in [-0.2, -0.15) is 0 Å². The third-order valence-electron chi connectivity index (χ3n) is 2.80. The number of nitrogens with two attached hydrogens (primary N) is 1. The molecule has 1 rings (SSSR count). The van der Waals surface area contributed by atoms with Crippen LogP contribution in [0.2, 0.25) is 0 Å². The van der Waals surface area contributed by atoms with Gasteiger partial charge in [-0.3, -0.25) is 10.3 Å². The van der Waals surface area contributed by atoms with Crippen LogP contribution in [0.15, 0.2) is 0 Å². The smallest absolute Gasteiger partial charge is 0.188 e. The third kappa shape index (κ3) is 2.59. The molecule has 0 aromatic heterocycles. The van der Waals surface area contributed by atoms with Crippen LogP contribution in [0.25, 0.3) is 0 Å². The number of nitrogens with zero attached hydrogens (tertiary/aromatic N) is 2. The lowest BCUT2D eigenvalue weighted by Gasteiger charge is -2.27. The molecule has 1 aliphatic heterocycles. The zero-order valence-electron chi connectivity index (χ0n) is 8.58. The predicted octanol–water partition coefficient (Wildman–Crippen LogP) is 0.296. The van der Waals surface area contributed by atoms with Crippen molar-refractivity contribution < 1.29 is 0 Å². The maximum Gasteiger partial charge on any atom is 0.188 e. The van der Waals surface area contributed by atoms with E-state index in [4.69, 9.17) is 11.1 Å². The molecule has 0 bridgehead atoms. The largest absolute Gasteiger partial charge is 0.370 e. The zero-order chi connectivity index (χ0) is 9.84. The molecular weight excluding hydrogens is 164 g/mol. The van der Waals surface area contributed by atoms with Crippen LogP contribution < -0.4 is 5.73 Å². The van der Waals surface area contributed by atoms with Gasteiger partial charge >= 0.3 is 0 Å². The van der Waals surface area contributed by atoms with Crippen LogP contribution in [0.3, 0.4) is 0 Å². The number of hydrogen-bond acceptors (Lipinski definition) is 2. The molecule has 1 saturated heterocycles. The number of likely N-dealkylation sites (N-methyl/N-ethyl adjacent to an activating group) is 2. The summed E-state index contributed by atoms with van der Waals surface area (Å²) < 4.78 is 0. The summed E-state index contributed by atoms with van der Waals surface area (Å²) in [5.41, 5.74) is 5.39. The van der Waals surface area contributed by atoms with Crippen molar-refractivity contribution in [2.75, 3.05) is 26.7 Å². The molecule has 0 spiro atoms.